The van der Waals surface area contributed by atoms with Gasteiger partial charge < -0.3 is 10.4 Å². The minimum Gasteiger partial charge on any atom is -0.478 e. The number of imide groups is 1. The van der Waals surface area contributed by atoms with E-state index < -0.39 is 23.2 Å². The Bertz CT molecular complexity index is 565. The van der Waals surface area contributed by atoms with Crippen molar-refractivity contribution in [3.05, 3.63) is 28.8 Å². The largest absolute Gasteiger partial charge is 0.478 e. The molecule has 1 atom stereocenters. The summed E-state index contributed by atoms with van der Waals surface area (Å²) in [6.45, 7) is 3.78. The number of carbonyl (C=O) groups is 3. The van der Waals surface area contributed by atoms with Gasteiger partial charge in [-0.25, -0.2) is 9.59 Å². The number of rotatable bonds is 5. The van der Waals surface area contributed by atoms with E-state index in [1.54, 1.807) is 19.9 Å². The highest BCUT2D eigenvalue weighted by molar-refractivity contribution is 8.00. The Kier molecular flexibility index (Phi) is 6.51. The third kappa shape index (κ3) is 5.28. The van der Waals surface area contributed by atoms with Gasteiger partial charge in [-0.05, 0) is 32.0 Å². The Labute approximate surface area is 131 Å². The van der Waals surface area contributed by atoms with Gasteiger partial charge in [0.15, 0.2) is 0 Å². The lowest BCUT2D eigenvalue weighted by Crippen LogP contribution is -2.42. The number of aromatic carboxylic acids is 1. The molecular formula is C13H15ClN2O4S. The van der Waals surface area contributed by atoms with Crippen LogP contribution in [0.25, 0.3) is 0 Å². The predicted molar refractivity (Wildman–Crippen MR) is 80.9 cm³/mol. The van der Waals surface area contributed by atoms with Gasteiger partial charge in [-0.3, -0.25) is 10.1 Å². The SMILES string of the molecule is CCNC(=O)NC(=O)C(C)Sc1ccc(Cl)c(C(=O)O)c1. The monoisotopic (exact) mass is 330 g/mol. The van der Waals surface area contributed by atoms with Gasteiger partial charge in [0.2, 0.25) is 5.91 Å². The molecule has 0 aliphatic rings. The maximum absolute atomic E-state index is 11.8. The quantitative estimate of drug-likeness (QED) is 0.720. The van der Waals surface area contributed by atoms with Gasteiger partial charge in [0.1, 0.15) is 0 Å². The van der Waals surface area contributed by atoms with E-state index in [1.807, 2.05) is 0 Å². The molecule has 1 unspecified atom stereocenters. The highest BCUT2D eigenvalue weighted by atomic mass is 35.5. The van der Waals surface area contributed by atoms with Gasteiger partial charge in [0.25, 0.3) is 0 Å². The number of halogens is 1. The lowest BCUT2D eigenvalue weighted by atomic mass is 10.2. The van der Waals surface area contributed by atoms with E-state index in [9.17, 15) is 14.4 Å². The minimum absolute atomic E-state index is 0.0296. The Balaban J connectivity index is 2.72. The van der Waals surface area contributed by atoms with Crippen molar-refractivity contribution >= 4 is 41.3 Å². The van der Waals surface area contributed by atoms with Gasteiger partial charge >= 0.3 is 12.0 Å². The highest BCUT2D eigenvalue weighted by Gasteiger charge is 2.18. The summed E-state index contributed by atoms with van der Waals surface area (Å²) in [5, 5.41) is 13.2. The number of hydrogen-bond donors (Lipinski definition) is 3. The number of urea groups is 1. The number of hydrogen-bond acceptors (Lipinski definition) is 4. The van der Waals surface area contributed by atoms with Gasteiger partial charge in [-0.15, -0.1) is 11.8 Å². The molecule has 1 rings (SSSR count). The summed E-state index contributed by atoms with van der Waals surface area (Å²) in [6.07, 6.45) is 0. The van der Waals surface area contributed by atoms with Crippen LogP contribution in [0.5, 0.6) is 0 Å². The number of carboxylic acid groups (broad SMARTS) is 1. The Morgan fingerprint density at radius 3 is 2.62 bits per heavy atom. The second kappa shape index (κ2) is 7.90. The van der Waals surface area contributed by atoms with Gasteiger partial charge in [-0.1, -0.05) is 11.6 Å². The zero-order chi connectivity index (χ0) is 16.0. The number of amides is 3. The second-order valence-corrected chi connectivity index (χ2v) is 5.88. The number of benzene rings is 1. The van der Waals surface area contributed by atoms with Crippen molar-refractivity contribution in [2.75, 3.05) is 6.54 Å². The zero-order valence-corrected chi connectivity index (χ0v) is 13.0. The lowest BCUT2D eigenvalue weighted by Gasteiger charge is -2.12. The first kappa shape index (κ1) is 17.3. The van der Waals surface area contributed by atoms with E-state index in [0.717, 1.165) is 11.8 Å². The van der Waals surface area contributed by atoms with E-state index in [0.29, 0.717) is 11.4 Å². The van der Waals surface area contributed by atoms with Crippen molar-refractivity contribution in [3.8, 4) is 0 Å². The molecule has 3 amide bonds. The summed E-state index contributed by atoms with van der Waals surface area (Å²) >= 11 is 6.91. The number of carboxylic acids is 1. The van der Waals surface area contributed by atoms with E-state index in [1.165, 1.54) is 12.1 Å². The molecular weight excluding hydrogens is 316 g/mol. The van der Waals surface area contributed by atoms with Crippen molar-refractivity contribution in [2.24, 2.45) is 0 Å². The van der Waals surface area contributed by atoms with Crippen LogP contribution in [0.15, 0.2) is 23.1 Å². The molecule has 114 valence electrons. The summed E-state index contributed by atoms with van der Waals surface area (Å²) in [6, 6.07) is 3.92. The molecule has 21 heavy (non-hydrogen) atoms. The van der Waals surface area contributed by atoms with Crippen molar-refractivity contribution in [1.82, 2.24) is 10.6 Å². The zero-order valence-electron chi connectivity index (χ0n) is 11.5. The van der Waals surface area contributed by atoms with Crippen LogP contribution in [-0.2, 0) is 4.79 Å². The molecule has 1 aromatic rings. The molecule has 0 aliphatic carbocycles. The van der Waals surface area contributed by atoms with E-state index >= 15 is 0 Å². The normalized spacial score (nSPS) is 11.6. The fourth-order valence-electron chi connectivity index (χ4n) is 1.42. The van der Waals surface area contributed by atoms with Crippen molar-refractivity contribution in [1.29, 1.82) is 0 Å². The smallest absolute Gasteiger partial charge is 0.337 e. The summed E-state index contributed by atoms with van der Waals surface area (Å²) in [4.78, 5) is 34.6. The van der Waals surface area contributed by atoms with Crippen LogP contribution in [0.2, 0.25) is 5.02 Å². The molecule has 1 aromatic carbocycles. The molecule has 0 radical (unpaired) electrons. The number of nitrogens with one attached hydrogen (secondary N) is 2. The van der Waals surface area contributed by atoms with E-state index in [4.69, 9.17) is 16.7 Å². The molecule has 6 nitrogen and oxygen atoms in total. The minimum atomic E-state index is -1.14. The fraction of sp³-hybridized carbons (Fsp3) is 0.308. The molecule has 0 aromatic heterocycles. The highest BCUT2D eigenvalue weighted by Crippen LogP contribution is 2.27. The summed E-state index contributed by atoms with van der Waals surface area (Å²) in [5.74, 6) is -1.60. The maximum atomic E-state index is 11.8. The first-order valence-corrected chi connectivity index (χ1v) is 7.39. The van der Waals surface area contributed by atoms with E-state index in [-0.39, 0.29) is 10.6 Å². The Morgan fingerprint density at radius 1 is 1.38 bits per heavy atom. The molecule has 0 fully saturated rings. The number of thioether (sulfide) groups is 1. The average Bonchev–Trinajstić information content (AvgIpc) is 2.40. The third-order valence-corrected chi connectivity index (χ3v) is 3.85. The standard InChI is InChI=1S/C13H15ClN2O4S/c1-3-15-13(20)16-11(17)7(2)21-8-4-5-10(14)9(6-8)12(18)19/h4-7H,3H2,1-2H3,(H,18,19)(H2,15,16,17,20). The predicted octanol–water partition coefficient (Wildman–Crippen LogP) is 2.36. The Morgan fingerprint density at radius 2 is 2.05 bits per heavy atom. The van der Waals surface area contributed by atoms with Crippen molar-refractivity contribution < 1.29 is 19.5 Å². The van der Waals surface area contributed by atoms with Crippen LogP contribution in [0.4, 0.5) is 4.79 Å². The summed E-state index contributed by atoms with van der Waals surface area (Å²) in [7, 11) is 0. The van der Waals surface area contributed by atoms with Crippen LogP contribution < -0.4 is 10.6 Å². The summed E-state index contributed by atoms with van der Waals surface area (Å²) in [5.41, 5.74) is -0.0296. The van der Waals surface area contributed by atoms with Crippen LogP contribution in [0, 0.1) is 0 Å². The second-order valence-electron chi connectivity index (χ2n) is 4.06. The first-order chi connectivity index (χ1) is 9.85. The molecule has 3 N–H and O–H groups in total. The van der Waals surface area contributed by atoms with Gasteiger partial charge in [0, 0.05) is 11.4 Å². The Hall–Kier alpha value is -1.73. The molecule has 8 heteroatoms. The van der Waals surface area contributed by atoms with Crippen LogP contribution in [0.3, 0.4) is 0 Å². The average molecular weight is 331 g/mol. The summed E-state index contributed by atoms with van der Waals surface area (Å²) < 4.78 is 0. The lowest BCUT2D eigenvalue weighted by molar-refractivity contribution is -0.119. The van der Waals surface area contributed by atoms with Gasteiger partial charge in [0.05, 0.1) is 15.8 Å². The van der Waals surface area contributed by atoms with E-state index in [2.05, 4.69) is 10.6 Å². The van der Waals surface area contributed by atoms with Crippen LogP contribution in [-0.4, -0.2) is 34.8 Å². The first-order valence-electron chi connectivity index (χ1n) is 6.13. The van der Waals surface area contributed by atoms with Crippen molar-refractivity contribution in [2.45, 2.75) is 24.0 Å². The maximum Gasteiger partial charge on any atom is 0.337 e. The molecule has 0 spiro atoms. The fourth-order valence-corrected chi connectivity index (χ4v) is 2.52. The topological polar surface area (TPSA) is 95.5 Å². The molecule has 0 bridgehead atoms. The molecule has 0 saturated carbocycles. The van der Waals surface area contributed by atoms with Crippen molar-refractivity contribution in [3.63, 3.8) is 0 Å². The van der Waals surface area contributed by atoms with Crippen LogP contribution in [0.1, 0.15) is 24.2 Å². The van der Waals surface area contributed by atoms with Crippen LogP contribution >= 0.6 is 23.4 Å². The number of carbonyl (C=O) groups excluding carboxylic acids is 2. The molecule has 0 saturated heterocycles. The molecule has 0 heterocycles. The van der Waals surface area contributed by atoms with Gasteiger partial charge in [-0.2, -0.15) is 0 Å². The molecule has 0 aliphatic heterocycles. The third-order valence-electron chi connectivity index (χ3n) is 2.42.